The molecule has 0 unspecified atom stereocenters. The van der Waals surface area contributed by atoms with Gasteiger partial charge in [-0.15, -0.1) is 0 Å². The summed E-state index contributed by atoms with van der Waals surface area (Å²) in [6.45, 7) is -0.734. The third-order valence-electron chi connectivity index (χ3n) is 3.21. The molecular weight excluding hydrogens is 319 g/mol. The second kappa shape index (κ2) is 6.99. The number of esters is 1. The molecule has 0 saturated heterocycles. The lowest BCUT2D eigenvalue weighted by atomic mass is 10.1. The molecule has 2 aromatic rings. The lowest BCUT2D eigenvalue weighted by Crippen LogP contribution is -2.19. The first-order valence-corrected chi connectivity index (χ1v) is 7.08. The molecule has 1 aliphatic rings. The van der Waals surface area contributed by atoms with E-state index in [9.17, 15) is 14.0 Å². The zero-order valence-electron chi connectivity index (χ0n) is 12.5. The summed E-state index contributed by atoms with van der Waals surface area (Å²) in [5.74, 6) is -0.345. The van der Waals surface area contributed by atoms with Gasteiger partial charge in [0.25, 0.3) is 0 Å². The molecule has 0 amide bonds. The Morgan fingerprint density at radius 2 is 1.88 bits per heavy atom. The van der Waals surface area contributed by atoms with Crippen LogP contribution >= 0.6 is 0 Å². The van der Waals surface area contributed by atoms with E-state index >= 15 is 0 Å². The Bertz CT molecular complexity index is 773. The van der Waals surface area contributed by atoms with Gasteiger partial charge in [-0.1, -0.05) is 6.07 Å². The summed E-state index contributed by atoms with van der Waals surface area (Å²) in [6.07, 6.45) is 0. The van der Waals surface area contributed by atoms with Crippen LogP contribution in [0.2, 0.25) is 0 Å². The van der Waals surface area contributed by atoms with Gasteiger partial charge in [-0.2, -0.15) is 0 Å². The molecule has 24 heavy (non-hydrogen) atoms. The van der Waals surface area contributed by atoms with Crippen molar-refractivity contribution >= 4 is 11.8 Å². The minimum atomic E-state index is -0.728. The van der Waals surface area contributed by atoms with E-state index in [1.807, 2.05) is 0 Å². The van der Waals surface area contributed by atoms with Crippen LogP contribution in [-0.2, 0) is 9.53 Å². The fraction of sp³-hybridized carbons (Fsp3) is 0.176. The van der Waals surface area contributed by atoms with Crippen LogP contribution in [0.15, 0.2) is 42.5 Å². The van der Waals surface area contributed by atoms with Gasteiger partial charge in [0.1, 0.15) is 11.6 Å². The van der Waals surface area contributed by atoms with Gasteiger partial charge >= 0.3 is 5.97 Å². The number of carbonyl (C=O) groups is 2. The molecule has 3 rings (SSSR count). The average molecular weight is 332 g/mol. The second-order valence-electron chi connectivity index (χ2n) is 4.90. The molecule has 0 fully saturated rings. The van der Waals surface area contributed by atoms with Crippen molar-refractivity contribution in [3.05, 3.63) is 53.8 Å². The summed E-state index contributed by atoms with van der Waals surface area (Å²) in [4.78, 5) is 23.6. The number of hydrogen-bond acceptors (Lipinski definition) is 6. The van der Waals surface area contributed by atoms with Crippen molar-refractivity contribution in [1.29, 1.82) is 0 Å². The van der Waals surface area contributed by atoms with Crippen molar-refractivity contribution in [2.75, 3.05) is 20.0 Å². The molecule has 2 aromatic carbocycles. The monoisotopic (exact) mass is 332 g/mol. The van der Waals surface area contributed by atoms with E-state index < -0.39 is 25.0 Å². The molecule has 0 N–H and O–H groups in total. The number of rotatable bonds is 6. The number of carbonyl (C=O) groups excluding carboxylic acids is 2. The number of ether oxygens (including phenoxy) is 4. The van der Waals surface area contributed by atoms with Gasteiger partial charge in [-0.05, 0) is 30.3 Å². The molecule has 1 heterocycles. The molecule has 0 atom stereocenters. The largest absolute Gasteiger partial charge is 0.482 e. The Labute approximate surface area is 136 Å². The van der Waals surface area contributed by atoms with Gasteiger partial charge < -0.3 is 18.9 Å². The average Bonchev–Trinajstić information content (AvgIpc) is 3.05. The SMILES string of the molecule is O=C(COc1cccc(F)c1)OCC(=O)c1ccc2c(c1)OCO2. The van der Waals surface area contributed by atoms with E-state index in [0.29, 0.717) is 17.1 Å². The third-order valence-corrected chi connectivity index (χ3v) is 3.21. The van der Waals surface area contributed by atoms with Crippen LogP contribution in [0.4, 0.5) is 4.39 Å². The minimum absolute atomic E-state index is 0.110. The molecule has 1 aliphatic heterocycles. The van der Waals surface area contributed by atoms with Crippen LogP contribution in [0.5, 0.6) is 17.2 Å². The van der Waals surface area contributed by atoms with Crippen LogP contribution < -0.4 is 14.2 Å². The molecule has 124 valence electrons. The number of ketones is 1. The smallest absolute Gasteiger partial charge is 0.344 e. The molecule has 6 nitrogen and oxygen atoms in total. The van der Waals surface area contributed by atoms with Crippen LogP contribution in [0.3, 0.4) is 0 Å². The fourth-order valence-corrected chi connectivity index (χ4v) is 2.04. The van der Waals surface area contributed by atoms with Crippen LogP contribution in [0, 0.1) is 5.82 Å². The zero-order chi connectivity index (χ0) is 16.9. The molecule has 0 radical (unpaired) electrons. The highest BCUT2D eigenvalue weighted by atomic mass is 19.1. The Kier molecular flexibility index (Phi) is 4.60. The van der Waals surface area contributed by atoms with E-state index in [1.54, 1.807) is 12.1 Å². The zero-order valence-corrected chi connectivity index (χ0v) is 12.5. The summed E-state index contributed by atoms with van der Waals surface area (Å²) >= 11 is 0. The summed E-state index contributed by atoms with van der Waals surface area (Å²) < 4.78 is 33.2. The maximum absolute atomic E-state index is 13.0. The second-order valence-corrected chi connectivity index (χ2v) is 4.90. The van der Waals surface area contributed by atoms with E-state index in [4.69, 9.17) is 18.9 Å². The van der Waals surface area contributed by atoms with Gasteiger partial charge in [0.05, 0.1) is 0 Å². The number of benzene rings is 2. The molecular formula is C17H13FO6. The van der Waals surface area contributed by atoms with Crippen molar-refractivity contribution < 1.29 is 32.9 Å². The minimum Gasteiger partial charge on any atom is -0.482 e. The Balaban J connectivity index is 1.48. The number of halogens is 1. The third kappa shape index (κ3) is 3.81. The standard InChI is InChI=1S/C17H13FO6/c18-12-2-1-3-13(7-12)21-9-17(20)22-8-14(19)11-4-5-15-16(6-11)24-10-23-15/h1-7H,8-10H2. The van der Waals surface area contributed by atoms with Crippen molar-refractivity contribution in [1.82, 2.24) is 0 Å². The quantitative estimate of drug-likeness (QED) is 0.597. The van der Waals surface area contributed by atoms with Crippen LogP contribution in [0.25, 0.3) is 0 Å². The van der Waals surface area contributed by atoms with E-state index in [1.165, 1.54) is 24.3 Å². The number of Topliss-reactive ketones (excluding diaryl/α,β-unsaturated/α-hetero) is 1. The Hall–Kier alpha value is -3.09. The summed E-state index contributed by atoms with van der Waals surface area (Å²) in [6, 6.07) is 10.1. The molecule has 0 aliphatic carbocycles. The Morgan fingerprint density at radius 1 is 1.04 bits per heavy atom. The highest BCUT2D eigenvalue weighted by Gasteiger charge is 2.17. The number of hydrogen-bond donors (Lipinski definition) is 0. The molecule has 0 saturated carbocycles. The first-order chi connectivity index (χ1) is 11.6. The van der Waals surface area contributed by atoms with Crippen molar-refractivity contribution in [2.24, 2.45) is 0 Å². The van der Waals surface area contributed by atoms with Crippen molar-refractivity contribution in [3.63, 3.8) is 0 Å². The van der Waals surface area contributed by atoms with Gasteiger partial charge in [-0.3, -0.25) is 4.79 Å². The highest BCUT2D eigenvalue weighted by Crippen LogP contribution is 2.32. The number of fused-ring (bicyclic) bond motifs is 1. The van der Waals surface area contributed by atoms with Gasteiger partial charge in [0.15, 0.2) is 30.5 Å². The first-order valence-electron chi connectivity index (χ1n) is 7.08. The van der Waals surface area contributed by atoms with E-state index in [2.05, 4.69) is 0 Å². The summed E-state index contributed by atoms with van der Waals surface area (Å²) in [5.41, 5.74) is 0.345. The van der Waals surface area contributed by atoms with E-state index in [-0.39, 0.29) is 18.3 Å². The molecule has 0 spiro atoms. The normalized spacial score (nSPS) is 11.9. The topological polar surface area (TPSA) is 71.1 Å². The first kappa shape index (κ1) is 15.8. The molecule has 7 heteroatoms. The highest BCUT2D eigenvalue weighted by molar-refractivity contribution is 5.98. The van der Waals surface area contributed by atoms with E-state index in [0.717, 1.165) is 6.07 Å². The molecule has 0 aromatic heterocycles. The maximum atomic E-state index is 13.0. The van der Waals surface area contributed by atoms with Crippen LogP contribution in [0.1, 0.15) is 10.4 Å². The lowest BCUT2D eigenvalue weighted by molar-refractivity contribution is -0.144. The lowest BCUT2D eigenvalue weighted by Gasteiger charge is -2.07. The predicted molar refractivity (Wildman–Crippen MR) is 79.7 cm³/mol. The van der Waals surface area contributed by atoms with Gasteiger partial charge in [0.2, 0.25) is 6.79 Å². The fourth-order valence-electron chi connectivity index (χ4n) is 2.04. The maximum Gasteiger partial charge on any atom is 0.344 e. The Morgan fingerprint density at radius 3 is 2.71 bits per heavy atom. The van der Waals surface area contributed by atoms with Crippen molar-refractivity contribution in [2.45, 2.75) is 0 Å². The summed E-state index contributed by atoms with van der Waals surface area (Å²) in [5, 5.41) is 0. The van der Waals surface area contributed by atoms with Gasteiger partial charge in [0, 0.05) is 11.6 Å². The predicted octanol–water partition coefficient (Wildman–Crippen LogP) is 2.36. The van der Waals surface area contributed by atoms with Crippen LogP contribution in [-0.4, -0.2) is 31.8 Å². The summed E-state index contributed by atoms with van der Waals surface area (Å²) in [7, 11) is 0. The van der Waals surface area contributed by atoms with Crippen molar-refractivity contribution in [3.8, 4) is 17.2 Å². The molecule has 0 bridgehead atoms. The van der Waals surface area contributed by atoms with Gasteiger partial charge in [-0.25, -0.2) is 9.18 Å².